The van der Waals surface area contributed by atoms with Crippen molar-refractivity contribution < 1.29 is 4.79 Å². The Kier molecular flexibility index (Phi) is 5.43. The zero-order chi connectivity index (χ0) is 20.2. The van der Waals surface area contributed by atoms with E-state index in [9.17, 15) is 4.79 Å². The first kappa shape index (κ1) is 18.9. The second kappa shape index (κ2) is 8.31. The second-order valence-electron chi connectivity index (χ2n) is 7.54. The van der Waals surface area contributed by atoms with Crippen LogP contribution in [0.1, 0.15) is 25.0 Å². The van der Waals surface area contributed by atoms with Gasteiger partial charge in [0.1, 0.15) is 0 Å². The number of H-pyrrole nitrogens is 1. The monoisotopic (exact) mass is 383 g/mol. The molecule has 0 bridgehead atoms. The lowest BCUT2D eigenvalue weighted by atomic mass is 10.0. The molecule has 0 aliphatic heterocycles. The van der Waals surface area contributed by atoms with Crippen LogP contribution in [0.5, 0.6) is 0 Å². The number of hydrogen-bond donors (Lipinski definition) is 1. The van der Waals surface area contributed by atoms with Crippen molar-refractivity contribution in [2.75, 3.05) is 0 Å². The van der Waals surface area contributed by atoms with E-state index in [2.05, 4.69) is 48.1 Å². The fourth-order valence-corrected chi connectivity index (χ4v) is 3.73. The summed E-state index contributed by atoms with van der Waals surface area (Å²) in [6.45, 7) is 4.68. The van der Waals surface area contributed by atoms with Gasteiger partial charge in [-0.25, -0.2) is 0 Å². The Morgan fingerprint density at radius 2 is 1.76 bits per heavy atom. The number of fused-ring (bicyclic) bond motifs is 1. The van der Waals surface area contributed by atoms with Crippen LogP contribution in [-0.4, -0.2) is 26.8 Å². The number of hydrogen-bond acceptors (Lipinski definition) is 2. The van der Waals surface area contributed by atoms with Gasteiger partial charge in [0.05, 0.1) is 12.1 Å². The Hall–Kier alpha value is -3.40. The van der Waals surface area contributed by atoms with Gasteiger partial charge in [0.25, 0.3) is 0 Å². The van der Waals surface area contributed by atoms with Gasteiger partial charge in [-0.2, -0.15) is 0 Å². The zero-order valence-corrected chi connectivity index (χ0v) is 16.8. The van der Waals surface area contributed by atoms with E-state index in [0.29, 0.717) is 13.0 Å². The minimum atomic E-state index is 0.105. The van der Waals surface area contributed by atoms with E-state index < -0.39 is 0 Å². The van der Waals surface area contributed by atoms with Gasteiger partial charge in [-0.05, 0) is 42.7 Å². The molecule has 0 unspecified atom stereocenters. The van der Waals surface area contributed by atoms with E-state index in [4.69, 9.17) is 0 Å². The molecule has 0 spiro atoms. The molecule has 0 saturated heterocycles. The Balaban J connectivity index is 1.69. The Labute approximate surface area is 171 Å². The summed E-state index contributed by atoms with van der Waals surface area (Å²) in [4.78, 5) is 23.0. The quantitative estimate of drug-likeness (QED) is 0.497. The number of carbonyl (C=O) groups excluding carboxylic acids is 1. The summed E-state index contributed by atoms with van der Waals surface area (Å²) < 4.78 is 0. The third kappa shape index (κ3) is 4.06. The van der Waals surface area contributed by atoms with Gasteiger partial charge in [0, 0.05) is 35.9 Å². The van der Waals surface area contributed by atoms with E-state index >= 15 is 0 Å². The van der Waals surface area contributed by atoms with Crippen LogP contribution in [0.3, 0.4) is 0 Å². The van der Waals surface area contributed by atoms with Crippen molar-refractivity contribution in [3.8, 4) is 11.3 Å². The Morgan fingerprint density at radius 3 is 2.48 bits per heavy atom. The number of para-hydroxylation sites is 1. The topological polar surface area (TPSA) is 49.0 Å². The SMILES string of the molecule is CC(C)N(Cc1cccnc1)C(=O)Cc1c(-c2ccccc2)[nH]c2ccccc12. The summed E-state index contributed by atoms with van der Waals surface area (Å²) in [6.07, 6.45) is 3.93. The van der Waals surface area contributed by atoms with Crippen LogP contribution in [0.4, 0.5) is 0 Å². The minimum Gasteiger partial charge on any atom is -0.354 e. The largest absolute Gasteiger partial charge is 0.354 e. The molecular weight excluding hydrogens is 358 g/mol. The molecular formula is C25H25N3O. The van der Waals surface area contributed by atoms with Crippen molar-refractivity contribution in [3.63, 3.8) is 0 Å². The van der Waals surface area contributed by atoms with Gasteiger partial charge in [0.15, 0.2) is 0 Å². The van der Waals surface area contributed by atoms with E-state index in [0.717, 1.165) is 33.3 Å². The summed E-state index contributed by atoms with van der Waals surface area (Å²) in [5.41, 5.74) is 5.25. The molecule has 0 aliphatic rings. The number of carbonyl (C=O) groups is 1. The smallest absolute Gasteiger partial charge is 0.227 e. The molecule has 4 rings (SSSR count). The first-order chi connectivity index (χ1) is 14.1. The molecule has 4 heteroatoms. The summed E-state index contributed by atoms with van der Waals surface area (Å²) in [7, 11) is 0. The number of amides is 1. The van der Waals surface area contributed by atoms with Gasteiger partial charge < -0.3 is 9.88 Å². The average Bonchev–Trinajstić information content (AvgIpc) is 3.11. The van der Waals surface area contributed by atoms with Crippen LogP contribution in [0, 0.1) is 0 Å². The first-order valence-electron chi connectivity index (χ1n) is 9.97. The van der Waals surface area contributed by atoms with E-state index in [1.165, 1.54) is 0 Å². The highest BCUT2D eigenvalue weighted by Crippen LogP contribution is 2.31. The van der Waals surface area contributed by atoms with Crippen molar-refractivity contribution in [2.24, 2.45) is 0 Å². The fourth-order valence-electron chi connectivity index (χ4n) is 3.73. The third-order valence-electron chi connectivity index (χ3n) is 5.22. The molecule has 4 aromatic rings. The maximum absolute atomic E-state index is 13.4. The number of benzene rings is 2. The molecule has 0 aliphatic carbocycles. The van der Waals surface area contributed by atoms with Gasteiger partial charge in [-0.3, -0.25) is 9.78 Å². The Morgan fingerprint density at radius 1 is 1.00 bits per heavy atom. The summed E-state index contributed by atoms with van der Waals surface area (Å²) in [5, 5.41) is 1.10. The van der Waals surface area contributed by atoms with Crippen LogP contribution >= 0.6 is 0 Å². The second-order valence-corrected chi connectivity index (χ2v) is 7.54. The molecule has 1 N–H and O–H groups in total. The minimum absolute atomic E-state index is 0.105. The normalized spacial score (nSPS) is 11.1. The number of nitrogens with zero attached hydrogens (tertiary/aromatic N) is 2. The predicted molar refractivity (Wildman–Crippen MR) is 117 cm³/mol. The third-order valence-corrected chi connectivity index (χ3v) is 5.22. The number of aromatic amines is 1. The standard InChI is InChI=1S/C25H25N3O/c1-18(2)28(17-19-9-8-14-26-16-19)24(29)15-22-21-12-6-7-13-23(21)27-25(22)20-10-4-3-5-11-20/h3-14,16,18,27H,15,17H2,1-2H3. The first-order valence-corrected chi connectivity index (χ1v) is 9.97. The van der Waals surface area contributed by atoms with Crippen molar-refractivity contribution in [2.45, 2.75) is 32.9 Å². The lowest BCUT2D eigenvalue weighted by molar-refractivity contribution is -0.132. The number of rotatable bonds is 6. The van der Waals surface area contributed by atoms with Crippen molar-refractivity contribution in [1.29, 1.82) is 0 Å². The van der Waals surface area contributed by atoms with Crippen molar-refractivity contribution in [3.05, 3.63) is 90.3 Å². The number of pyridine rings is 1. The summed E-state index contributed by atoms with van der Waals surface area (Å²) >= 11 is 0. The molecule has 1 amide bonds. The van der Waals surface area contributed by atoms with Crippen LogP contribution in [0.15, 0.2) is 79.1 Å². The van der Waals surface area contributed by atoms with Crippen LogP contribution in [0.25, 0.3) is 22.2 Å². The van der Waals surface area contributed by atoms with E-state index in [1.807, 2.05) is 53.6 Å². The molecule has 0 radical (unpaired) electrons. The van der Waals surface area contributed by atoms with Crippen molar-refractivity contribution in [1.82, 2.24) is 14.9 Å². The molecule has 2 heterocycles. The predicted octanol–water partition coefficient (Wildman–Crippen LogP) is 5.21. The highest BCUT2D eigenvalue weighted by Gasteiger charge is 2.22. The lowest BCUT2D eigenvalue weighted by Crippen LogP contribution is -2.37. The lowest BCUT2D eigenvalue weighted by Gasteiger charge is -2.27. The highest BCUT2D eigenvalue weighted by atomic mass is 16.2. The van der Waals surface area contributed by atoms with Gasteiger partial charge in [-0.1, -0.05) is 54.6 Å². The van der Waals surface area contributed by atoms with Crippen LogP contribution in [0.2, 0.25) is 0 Å². The maximum Gasteiger partial charge on any atom is 0.227 e. The van der Waals surface area contributed by atoms with Crippen LogP contribution in [-0.2, 0) is 17.8 Å². The zero-order valence-electron chi connectivity index (χ0n) is 16.8. The molecule has 2 aromatic heterocycles. The number of aromatic nitrogens is 2. The number of nitrogens with one attached hydrogen (secondary N) is 1. The molecule has 29 heavy (non-hydrogen) atoms. The summed E-state index contributed by atoms with van der Waals surface area (Å²) in [5.74, 6) is 0.116. The van der Waals surface area contributed by atoms with Gasteiger partial charge in [-0.15, -0.1) is 0 Å². The Bertz CT molecular complexity index is 1100. The molecule has 0 saturated carbocycles. The van der Waals surface area contributed by atoms with Gasteiger partial charge >= 0.3 is 0 Å². The molecule has 4 nitrogen and oxygen atoms in total. The average molecular weight is 383 g/mol. The summed E-state index contributed by atoms with van der Waals surface area (Å²) in [6, 6.07) is 22.4. The van der Waals surface area contributed by atoms with E-state index in [1.54, 1.807) is 6.20 Å². The molecule has 146 valence electrons. The fraction of sp³-hybridized carbons (Fsp3) is 0.200. The molecule has 0 atom stereocenters. The van der Waals surface area contributed by atoms with Crippen molar-refractivity contribution >= 4 is 16.8 Å². The van der Waals surface area contributed by atoms with Crippen LogP contribution < -0.4 is 0 Å². The van der Waals surface area contributed by atoms with Gasteiger partial charge in [0.2, 0.25) is 5.91 Å². The maximum atomic E-state index is 13.4. The molecule has 2 aromatic carbocycles. The molecule has 0 fully saturated rings. The van der Waals surface area contributed by atoms with E-state index in [-0.39, 0.29) is 11.9 Å². The highest BCUT2D eigenvalue weighted by molar-refractivity contribution is 5.95.